The van der Waals surface area contributed by atoms with Gasteiger partial charge in [0.05, 0.1) is 13.2 Å². The van der Waals surface area contributed by atoms with E-state index in [0.29, 0.717) is 0 Å². The number of phosphoric acid groups is 2. The standard InChI is InChI=1S/C14H22N2O16P2/c17-3-5-8(19)11(22)13(30-5)31-34(26,27)32-33(24,25)28-4-6-9(20)10(21)12(29-6)16-2-1-7(18)15-14(16)23/h1-2,5-6,8-13,17,19-22H,3-4H2,(H,24,25)(H,26,27)(H,15,18,23)/t5-,6+,8-,9+,10+,11+,12+,13-/m0/s1. The summed E-state index contributed by atoms with van der Waals surface area (Å²) >= 11 is 0. The molecule has 0 bridgehead atoms. The SMILES string of the molecule is O=c1ccn([C@@H]2O[C@H](COP(=O)(O)OP(=O)(O)O[C@@H]3O[C@@H](CO)[C@H](O)[C@H]3O)[C@@H](O)[C@H]2O)c(=O)[nH]1. The van der Waals surface area contributed by atoms with Gasteiger partial charge in [0.15, 0.2) is 12.5 Å². The summed E-state index contributed by atoms with van der Waals surface area (Å²) in [7, 11) is -10.9. The molecule has 8 N–H and O–H groups in total. The quantitative estimate of drug-likeness (QED) is 0.139. The first kappa shape index (κ1) is 27.3. The van der Waals surface area contributed by atoms with Crippen molar-refractivity contribution < 1.29 is 67.3 Å². The molecule has 194 valence electrons. The molecule has 1 aromatic heterocycles. The largest absolute Gasteiger partial charge is 0.483 e. The van der Waals surface area contributed by atoms with Crippen molar-refractivity contribution in [1.82, 2.24) is 9.55 Å². The van der Waals surface area contributed by atoms with E-state index in [4.69, 9.17) is 14.6 Å². The zero-order chi connectivity index (χ0) is 25.4. The molecule has 20 heteroatoms. The van der Waals surface area contributed by atoms with Gasteiger partial charge >= 0.3 is 21.3 Å². The van der Waals surface area contributed by atoms with Gasteiger partial charge in [-0.05, 0) is 0 Å². The zero-order valence-electron chi connectivity index (χ0n) is 16.8. The van der Waals surface area contributed by atoms with E-state index >= 15 is 0 Å². The van der Waals surface area contributed by atoms with E-state index in [2.05, 4.69) is 13.4 Å². The van der Waals surface area contributed by atoms with Crippen LogP contribution in [0.5, 0.6) is 0 Å². The third-order valence-corrected chi connectivity index (χ3v) is 7.41. The molecule has 0 radical (unpaired) electrons. The van der Waals surface area contributed by atoms with Crippen LogP contribution in [0.15, 0.2) is 21.9 Å². The van der Waals surface area contributed by atoms with Crippen molar-refractivity contribution in [3.05, 3.63) is 33.1 Å². The van der Waals surface area contributed by atoms with Gasteiger partial charge in [0.2, 0.25) is 0 Å². The van der Waals surface area contributed by atoms with E-state index in [1.807, 2.05) is 4.98 Å². The number of H-pyrrole nitrogens is 1. The minimum atomic E-state index is -5.47. The summed E-state index contributed by atoms with van der Waals surface area (Å²) in [5.74, 6) is 0. The van der Waals surface area contributed by atoms with Crippen molar-refractivity contribution in [2.45, 2.75) is 49.1 Å². The molecule has 2 aliphatic rings. The molecule has 10 atom stereocenters. The number of ether oxygens (including phenoxy) is 2. The van der Waals surface area contributed by atoms with Gasteiger partial charge in [0.1, 0.15) is 36.6 Å². The van der Waals surface area contributed by atoms with Crippen molar-refractivity contribution in [1.29, 1.82) is 0 Å². The van der Waals surface area contributed by atoms with Crippen molar-refractivity contribution in [2.24, 2.45) is 0 Å². The third kappa shape index (κ3) is 6.07. The number of rotatable bonds is 9. The van der Waals surface area contributed by atoms with Crippen LogP contribution in [0.25, 0.3) is 0 Å². The van der Waals surface area contributed by atoms with E-state index in [1.165, 1.54) is 0 Å². The number of aliphatic hydroxyl groups is 5. The second kappa shape index (κ2) is 10.3. The van der Waals surface area contributed by atoms with Crippen LogP contribution in [0, 0.1) is 0 Å². The van der Waals surface area contributed by atoms with Crippen LogP contribution < -0.4 is 11.2 Å². The highest BCUT2D eigenvalue weighted by molar-refractivity contribution is 7.61. The van der Waals surface area contributed by atoms with Crippen molar-refractivity contribution in [2.75, 3.05) is 13.2 Å². The number of nitrogens with zero attached hydrogens (tertiary/aromatic N) is 1. The monoisotopic (exact) mass is 536 g/mol. The summed E-state index contributed by atoms with van der Waals surface area (Å²) in [6.07, 6.45) is -12.6. The van der Waals surface area contributed by atoms with E-state index in [-0.39, 0.29) is 0 Å². The first-order valence-corrected chi connectivity index (χ1v) is 12.4. The van der Waals surface area contributed by atoms with Gasteiger partial charge in [-0.15, -0.1) is 0 Å². The van der Waals surface area contributed by atoms with Gasteiger partial charge in [-0.25, -0.2) is 13.9 Å². The summed E-state index contributed by atoms with van der Waals surface area (Å²) in [5.41, 5.74) is -1.72. The van der Waals surface area contributed by atoms with Crippen LogP contribution in [0.1, 0.15) is 6.23 Å². The molecule has 0 amide bonds. The fraction of sp³-hybridized carbons (Fsp3) is 0.714. The Balaban J connectivity index is 1.60. The lowest BCUT2D eigenvalue weighted by molar-refractivity contribution is -0.125. The summed E-state index contributed by atoms with van der Waals surface area (Å²) in [4.78, 5) is 44.3. The van der Waals surface area contributed by atoms with Gasteiger partial charge in [-0.3, -0.25) is 23.4 Å². The van der Waals surface area contributed by atoms with Crippen molar-refractivity contribution in [3.63, 3.8) is 0 Å². The predicted molar refractivity (Wildman–Crippen MR) is 103 cm³/mol. The Hall–Kier alpha value is -1.34. The Bertz CT molecular complexity index is 1080. The van der Waals surface area contributed by atoms with Gasteiger partial charge in [0.25, 0.3) is 5.56 Å². The molecule has 2 fully saturated rings. The number of aliphatic hydroxyl groups excluding tert-OH is 5. The van der Waals surface area contributed by atoms with Gasteiger partial charge in [-0.2, -0.15) is 4.31 Å². The lowest BCUT2D eigenvalue weighted by Gasteiger charge is -2.21. The molecule has 3 heterocycles. The zero-order valence-corrected chi connectivity index (χ0v) is 18.6. The number of nitrogens with one attached hydrogen (secondary N) is 1. The molecule has 1 aromatic rings. The van der Waals surface area contributed by atoms with E-state index < -0.39 is 89.2 Å². The molecule has 34 heavy (non-hydrogen) atoms. The molecular weight excluding hydrogens is 514 g/mol. The molecule has 18 nitrogen and oxygen atoms in total. The van der Waals surface area contributed by atoms with Gasteiger partial charge in [0, 0.05) is 12.3 Å². The van der Waals surface area contributed by atoms with Crippen LogP contribution in [-0.4, -0.2) is 101 Å². The predicted octanol–water partition coefficient (Wildman–Crippen LogP) is -4.15. The highest BCUT2D eigenvalue weighted by Crippen LogP contribution is 2.61. The number of hydrogen-bond donors (Lipinski definition) is 8. The molecule has 2 aliphatic heterocycles. The lowest BCUT2D eigenvalue weighted by atomic mass is 10.1. The maximum Gasteiger partial charge on any atom is 0.483 e. The molecule has 3 rings (SSSR count). The fourth-order valence-corrected chi connectivity index (χ4v) is 5.31. The van der Waals surface area contributed by atoms with Crippen molar-refractivity contribution in [3.8, 4) is 0 Å². The Kier molecular flexibility index (Phi) is 8.28. The maximum atomic E-state index is 12.1. The van der Waals surface area contributed by atoms with Crippen LogP contribution in [-0.2, 0) is 32.0 Å². The molecule has 0 aliphatic carbocycles. The highest BCUT2D eigenvalue weighted by atomic mass is 31.3. The maximum absolute atomic E-state index is 12.1. The Morgan fingerprint density at radius 1 is 0.971 bits per heavy atom. The topological polar surface area (TPSA) is 277 Å². The second-order valence-corrected chi connectivity index (χ2v) is 10.2. The van der Waals surface area contributed by atoms with E-state index in [9.17, 15) is 48.9 Å². The lowest BCUT2D eigenvalue weighted by Crippen LogP contribution is -2.37. The highest BCUT2D eigenvalue weighted by Gasteiger charge is 2.49. The summed E-state index contributed by atoms with van der Waals surface area (Å²) in [6, 6.07) is 0.939. The first-order chi connectivity index (χ1) is 15.7. The normalized spacial score (nSPS) is 37.4. The first-order valence-electron chi connectivity index (χ1n) is 9.40. The van der Waals surface area contributed by atoms with Crippen LogP contribution in [0.2, 0.25) is 0 Å². The minimum absolute atomic E-state index is 0.736. The summed E-state index contributed by atoms with van der Waals surface area (Å²) in [5, 5.41) is 48.5. The van der Waals surface area contributed by atoms with Gasteiger partial charge in [-0.1, -0.05) is 0 Å². The van der Waals surface area contributed by atoms with E-state index in [0.717, 1.165) is 16.8 Å². The number of phosphoric ester groups is 2. The molecule has 2 saturated heterocycles. The summed E-state index contributed by atoms with van der Waals surface area (Å²) < 4.78 is 47.8. The van der Waals surface area contributed by atoms with E-state index in [1.54, 1.807) is 0 Å². The molecule has 2 unspecified atom stereocenters. The number of hydrogen-bond acceptors (Lipinski definition) is 14. The molecular formula is C14H22N2O16P2. The fourth-order valence-electron chi connectivity index (χ4n) is 3.15. The Morgan fingerprint density at radius 2 is 1.62 bits per heavy atom. The van der Waals surface area contributed by atoms with Crippen molar-refractivity contribution >= 4 is 15.6 Å². The minimum Gasteiger partial charge on any atom is -0.394 e. The van der Waals surface area contributed by atoms with Crippen LogP contribution in [0.4, 0.5) is 0 Å². The van der Waals surface area contributed by atoms with Gasteiger partial charge < -0.3 is 44.8 Å². The van der Waals surface area contributed by atoms with Crippen LogP contribution >= 0.6 is 15.6 Å². The number of aromatic nitrogens is 2. The molecule has 0 aromatic carbocycles. The summed E-state index contributed by atoms with van der Waals surface area (Å²) in [6.45, 7) is -1.77. The second-order valence-electron chi connectivity index (χ2n) is 7.19. The Morgan fingerprint density at radius 3 is 2.21 bits per heavy atom. The Labute approximate surface area is 188 Å². The molecule has 0 spiro atoms. The average molecular weight is 536 g/mol. The third-order valence-electron chi connectivity index (χ3n) is 4.81. The molecule has 0 saturated carbocycles. The smallest absolute Gasteiger partial charge is 0.394 e. The average Bonchev–Trinajstić information content (AvgIpc) is 3.16. The number of aromatic amines is 1. The van der Waals surface area contributed by atoms with Crippen LogP contribution in [0.3, 0.4) is 0 Å².